The van der Waals surface area contributed by atoms with E-state index < -0.39 is 0 Å². The van der Waals surface area contributed by atoms with Gasteiger partial charge >= 0.3 is 0 Å². The SMILES string of the molecule is Cc1ccc(-c2nn(-c3ccccc3)cc2/C=N\N2C(=O)[C@@H]3[C@H]4C=C[C@@H]([C@@H]5C[C@@H]45)[C@H]3C2=O)o1. The Morgan fingerprint density at radius 2 is 1.70 bits per heavy atom. The summed E-state index contributed by atoms with van der Waals surface area (Å²) in [6.45, 7) is 1.88. The van der Waals surface area contributed by atoms with Crippen molar-refractivity contribution in [1.82, 2.24) is 14.8 Å². The molecule has 2 amide bonds. The second-order valence-electron chi connectivity index (χ2n) is 9.51. The summed E-state index contributed by atoms with van der Waals surface area (Å²) in [5.74, 6) is 2.04. The number of furan rings is 1. The van der Waals surface area contributed by atoms with Crippen molar-refractivity contribution in [2.24, 2.45) is 40.6 Å². The molecule has 1 saturated heterocycles. The molecule has 7 heteroatoms. The Bertz CT molecular complexity index is 1310. The van der Waals surface area contributed by atoms with Gasteiger partial charge in [0.1, 0.15) is 11.5 Å². The molecule has 4 aliphatic carbocycles. The number of hydrogen-bond acceptors (Lipinski definition) is 5. The monoisotopic (exact) mass is 438 g/mol. The summed E-state index contributed by atoms with van der Waals surface area (Å²) in [6.07, 6.45) is 8.87. The number of imide groups is 1. The van der Waals surface area contributed by atoms with E-state index in [0.717, 1.165) is 22.9 Å². The first kappa shape index (κ1) is 18.8. The number of aryl methyl sites for hydroxylation is 1. The van der Waals surface area contributed by atoms with Crippen LogP contribution in [0.3, 0.4) is 0 Å². The molecule has 5 aliphatic rings. The molecule has 7 nitrogen and oxygen atoms in total. The lowest BCUT2D eigenvalue weighted by Crippen LogP contribution is -2.40. The maximum Gasteiger partial charge on any atom is 0.254 e. The minimum absolute atomic E-state index is 0.170. The summed E-state index contributed by atoms with van der Waals surface area (Å²) in [7, 11) is 0. The molecule has 164 valence electrons. The average Bonchev–Trinajstić information content (AvgIpc) is 3.30. The largest absolute Gasteiger partial charge is 0.460 e. The molecule has 0 N–H and O–H groups in total. The molecular formula is C26H22N4O3. The average molecular weight is 438 g/mol. The Kier molecular flexibility index (Phi) is 3.78. The highest BCUT2D eigenvalue weighted by Gasteiger charge is 2.67. The molecule has 33 heavy (non-hydrogen) atoms. The highest BCUT2D eigenvalue weighted by atomic mass is 16.3. The number of carbonyl (C=O) groups excluding carboxylic acids is 2. The Morgan fingerprint density at radius 3 is 2.33 bits per heavy atom. The van der Waals surface area contributed by atoms with Gasteiger partial charge in [0, 0.05) is 11.8 Å². The number of allylic oxidation sites excluding steroid dienone is 2. The third-order valence-corrected chi connectivity index (χ3v) is 7.69. The standard InChI is InChI=1S/C26H22N4O3/c1-14-7-10-21(33-14)24-15(13-29(28-24)16-5-3-2-4-6-16)12-27-30-25(31)22-17-8-9-18(20-11-19(17)20)23(22)26(30)32/h2-10,12-13,17-20,22-23H,11H2,1H3/b27-12-/t17-,18-,19-,20-,22+,23+/m0/s1. The van der Waals surface area contributed by atoms with Crippen molar-refractivity contribution in [3.05, 3.63) is 72.1 Å². The molecule has 6 atom stereocenters. The Labute approximate surface area is 190 Å². The molecule has 8 rings (SSSR count). The molecule has 1 aromatic carbocycles. The lowest BCUT2D eigenvalue weighted by Gasteiger charge is -2.37. The van der Waals surface area contributed by atoms with Crippen LogP contribution in [0.1, 0.15) is 17.7 Å². The fourth-order valence-electron chi connectivity index (χ4n) is 6.12. The van der Waals surface area contributed by atoms with Crippen LogP contribution in [0, 0.1) is 42.4 Å². The van der Waals surface area contributed by atoms with Crippen LogP contribution in [-0.2, 0) is 9.59 Å². The van der Waals surface area contributed by atoms with E-state index in [1.807, 2.05) is 55.6 Å². The highest BCUT2D eigenvalue weighted by Crippen LogP contribution is 2.65. The first-order valence-electron chi connectivity index (χ1n) is 11.4. The summed E-state index contributed by atoms with van der Waals surface area (Å²) in [6, 6.07) is 13.5. The van der Waals surface area contributed by atoms with Crippen LogP contribution in [0.25, 0.3) is 17.1 Å². The van der Waals surface area contributed by atoms with Gasteiger partial charge in [-0.1, -0.05) is 30.4 Å². The van der Waals surface area contributed by atoms with Gasteiger partial charge in [0.05, 0.1) is 23.7 Å². The first-order valence-corrected chi connectivity index (χ1v) is 11.4. The summed E-state index contributed by atoms with van der Waals surface area (Å²) >= 11 is 0. The van der Waals surface area contributed by atoms with Crippen LogP contribution in [0.2, 0.25) is 0 Å². The summed E-state index contributed by atoms with van der Waals surface area (Å²) in [5.41, 5.74) is 2.17. The van der Waals surface area contributed by atoms with Gasteiger partial charge in [0.2, 0.25) is 0 Å². The number of hydrazone groups is 1. The van der Waals surface area contributed by atoms with E-state index in [1.165, 1.54) is 0 Å². The van der Waals surface area contributed by atoms with Crippen molar-refractivity contribution in [3.8, 4) is 17.1 Å². The first-order chi connectivity index (χ1) is 16.1. The predicted octanol–water partition coefficient (Wildman–Crippen LogP) is 3.83. The van der Waals surface area contributed by atoms with Crippen LogP contribution in [0.15, 0.2) is 70.3 Å². The van der Waals surface area contributed by atoms with Gasteiger partial charge in [-0.25, -0.2) is 4.68 Å². The number of hydrogen-bond donors (Lipinski definition) is 0. The summed E-state index contributed by atoms with van der Waals surface area (Å²) in [4.78, 5) is 26.5. The van der Waals surface area contributed by atoms with Crippen LogP contribution in [-0.4, -0.2) is 32.8 Å². The number of nitrogens with zero attached hydrogens (tertiary/aromatic N) is 4. The molecule has 3 fully saturated rings. The van der Waals surface area contributed by atoms with Gasteiger partial charge < -0.3 is 4.42 Å². The lowest BCUT2D eigenvalue weighted by atomic mass is 9.63. The van der Waals surface area contributed by atoms with Crippen molar-refractivity contribution in [2.75, 3.05) is 0 Å². The Balaban J connectivity index is 1.25. The van der Waals surface area contributed by atoms with Gasteiger partial charge in [-0.05, 0) is 61.3 Å². The van der Waals surface area contributed by atoms with E-state index in [9.17, 15) is 9.59 Å². The van der Waals surface area contributed by atoms with E-state index in [2.05, 4.69) is 17.3 Å². The number of aromatic nitrogens is 2. The van der Waals surface area contributed by atoms with Crippen LogP contribution < -0.4 is 0 Å². The third kappa shape index (κ3) is 2.68. The smallest absolute Gasteiger partial charge is 0.254 e. The maximum atomic E-state index is 13.2. The quantitative estimate of drug-likeness (QED) is 0.352. The van der Waals surface area contributed by atoms with E-state index in [4.69, 9.17) is 9.52 Å². The Morgan fingerprint density at radius 1 is 1.00 bits per heavy atom. The van der Waals surface area contributed by atoms with Gasteiger partial charge in [0.25, 0.3) is 11.8 Å². The molecule has 0 unspecified atom stereocenters. The van der Waals surface area contributed by atoms with E-state index in [1.54, 1.807) is 10.9 Å². The zero-order valence-electron chi connectivity index (χ0n) is 18.0. The molecule has 2 aromatic heterocycles. The second-order valence-corrected chi connectivity index (χ2v) is 9.51. The van der Waals surface area contributed by atoms with Crippen molar-refractivity contribution in [3.63, 3.8) is 0 Å². The predicted molar refractivity (Wildman–Crippen MR) is 120 cm³/mol. The molecule has 0 spiro atoms. The van der Waals surface area contributed by atoms with E-state index >= 15 is 0 Å². The molecule has 2 bridgehead atoms. The van der Waals surface area contributed by atoms with E-state index in [0.29, 0.717) is 28.9 Å². The minimum Gasteiger partial charge on any atom is -0.460 e. The van der Waals surface area contributed by atoms with Gasteiger partial charge in [-0.15, -0.1) is 0 Å². The second kappa shape index (κ2) is 6.63. The minimum atomic E-state index is -0.257. The number of amides is 2. The van der Waals surface area contributed by atoms with Crippen molar-refractivity contribution < 1.29 is 14.0 Å². The zero-order chi connectivity index (χ0) is 22.3. The third-order valence-electron chi connectivity index (χ3n) is 7.69. The van der Waals surface area contributed by atoms with Crippen LogP contribution in [0.4, 0.5) is 0 Å². The Hall–Kier alpha value is -3.74. The summed E-state index contributed by atoms with van der Waals surface area (Å²) < 4.78 is 7.56. The fourth-order valence-corrected chi connectivity index (χ4v) is 6.12. The van der Waals surface area contributed by atoms with Crippen molar-refractivity contribution in [2.45, 2.75) is 13.3 Å². The highest BCUT2D eigenvalue weighted by molar-refractivity contribution is 6.06. The number of para-hydroxylation sites is 1. The van der Waals surface area contributed by atoms with E-state index in [-0.39, 0.29) is 35.5 Å². The molecule has 0 radical (unpaired) electrons. The number of carbonyl (C=O) groups is 2. The molecule has 1 aliphatic heterocycles. The molecule has 2 saturated carbocycles. The fraction of sp³-hybridized carbons (Fsp3) is 0.308. The maximum absolute atomic E-state index is 13.2. The van der Waals surface area contributed by atoms with Crippen LogP contribution in [0.5, 0.6) is 0 Å². The molecule has 3 heterocycles. The summed E-state index contributed by atoms with van der Waals surface area (Å²) in [5, 5.41) is 10.2. The number of benzene rings is 1. The van der Waals surface area contributed by atoms with Crippen LogP contribution >= 0.6 is 0 Å². The molecular weight excluding hydrogens is 416 g/mol. The topological polar surface area (TPSA) is 80.7 Å². The van der Waals surface area contributed by atoms with Crippen molar-refractivity contribution in [1.29, 1.82) is 0 Å². The zero-order valence-corrected chi connectivity index (χ0v) is 18.0. The number of rotatable bonds is 4. The van der Waals surface area contributed by atoms with Gasteiger partial charge in [-0.2, -0.15) is 15.2 Å². The van der Waals surface area contributed by atoms with Crippen molar-refractivity contribution >= 4 is 18.0 Å². The molecule has 3 aromatic rings. The van der Waals surface area contributed by atoms with Gasteiger partial charge in [-0.3, -0.25) is 9.59 Å². The van der Waals surface area contributed by atoms with Gasteiger partial charge in [0.15, 0.2) is 5.76 Å². The lowest BCUT2D eigenvalue weighted by molar-refractivity contribution is -0.140. The normalized spacial score (nSPS) is 31.5.